The van der Waals surface area contributed by atoms with Crippen LogP contribution in [0.1, 0.15) is 21.5 Å². The minimum Gasteiger partial charge on any atom is -0.288 e. The number of para-hydroxylation sites is 1. The van der Waals surface area contributed by atoms with Crippen molar-refractivity contribution in [2.24, 2.45) is 0 Å². The van der Waals surface area contributed by atoms with Gasteiger partial charge in [-0.1, -0.05) is 36.4 Å². The summed E-state index contributed by atoms with van der Waals surface area (Å²) in [6.07, 6.45) is -4.82. The molecule has 2 aromatic heterocycles. The molecule has 0 saturated heterocycles. The largest absolute Gasteiger partial charge is 0.417 e. The first-order chi connectivity index (χ1) is 14.7. The molecular formula is C21H11F3N2O4S. The molecule has 0 aliphatic carbocycles. The fourth-order valence-electron chi connectivity index (χ4n) is 3.30. The molecular weight excluding hydrogens is 433 g/mol. The number of alkyl halides is 3. The van der Waals surface area contributed by atoms with Crippen molar-refractivity contribution in [2.75, 3.05) is 0 Å². The van der Waals surface area contributed by atoms with Crippen LogP contribution in [0, 0.1) is 10.1 Å². The number of thiophene rings is 1. The second-order valence-corrected chi connectivity index (χ2v) is 7.45. The fourth-order valence-corrected chi connectivity index (χ4v) is 4.43. The zero-order valence-corrected chi connectivity index (χ0v) is 16.2. The van der Waals surface area contributed by atoms with Crippen LogP contribution < -0.4 is 5.56 Å². The van der Waals surface area contributed by atoms with Crippen LogP contribution in [-0.2, 0) is 6.18 Å². The average Bonchev–Trinajstić information content (AvgIpc) is 3.13. The summed E-state index contributed by atoms with van der Waals surface area (Å²) in [6, 6.07) is 14.7. The lowest BCUT2D eigenvalue weighted by molar-refractivity contribution is -0.380. The third kappa shape index (κ3) is 3.50. The molecule has 0 amide bonds. The summed E-state index contributed by atoms with van der Waals surface area (Å²) in [4.78, 5) is 36.6. The third-order valence-electron chi connectivity index (χ3n) is 4.61. The van der Waals surface area contributed by atoms with Crippen molar-refractivity contribution in [1.82, 2.24) is 4.57 Å². The SMILES string of the molecule is O=C(c1ccccc1C(F)(F)F)c1c([N+](=O)[O-])sc2c1ccc(=O)n2-c1ccccc1. The molecule has 4 rings (SSSR count). The highest BCUT2D eigenvalue weighted by atomic mass is 32.1. The Morgan fingerprint density at radius 2 is 1.61 bits per heavy atom. The Hall–Kier alpha value is -3.79. The number of halogens is 3. The fraction of sp³-hybridized carbons (Fsp3) is 0.0476. The van der Waals surface area contributed by atoms with Crippen LogP contribution in [0.2, 0.25) is 0 Å². The smallest absolute Gasteiger partial charge is 0.288 e. The van der Waals surface area contributed by atoms with Gasteiger partial charge in [0.1, 0.15) is 10.4 Å². The minimum atomic E-state index is -4.82. The van der Waals surface area contributed by atoms with Crippen LogP contribution in [0.15, 0.2) is 71.5 Å². The molecule has 0 fully saturated rings. The number of fused-ring (bicyclic) bond motifs is 1. The molecule has 0 N–H and O–H groups in total. The van der Waals surface area contributed by atoms with E-state index in [-0.39, 0.29) is 10.2 Å². The summed E-state index contributed by atoms with van der Waals surface area (Å²) >= 11 is 0.566. The zero-order valence-electron chi connectivity index (χ0n) is 15.4. The molecule has 0 unspecified atom stereocenters. The number of hydrogen-bond donors (Lipinski definition) is 0. The first-order valence-corrected chi connectivity index (χ1v) is 9.61. The molecule has 0 bridgehead atoms. The molecule has 31 heavy (non-hydrogen) atoms. The quantitative estimate of drug-likeness (QED) is 0.246. The van der Waals surface area contributed by atoms with Gasteiger partial charge in [0.25, 0.3) is 5.56 Å². The van der Waals surface area contributed by atoms with E-state index in [1.54, 1.807) is 30.3 Å². The number of nitro groups is 1. The Balaban J connectivity index is 2.05. The van der Waals surface area contributed by atoms with Gasteiger partial charge < -0.3 is 0 Å². The van der Waals surface area contributed by atoms with Gasteiger partial charge >= 0.3 is 11.2 Å². The van der Waals surface area contributed by atoms with Crippen LogP contribution in [0.3, 0.4) is 0 Å². The monoisotopic (exact) mass is 444 g/mol. The van der Waals surface area contributed by atoms with Gasteiger partial charge in [-0.3, -0.25) is 24.3 Å². The van der Waals surface area contributed by atoms with E-state index in [2.05, 4.69) is 0 Å². The van der Waals surface area contributed by atoms with Crippen molar-refractivity contribution in [1.29, 1.82) is 0 Å². The van der Waals surface area contributed by atoms with E-state index < -0.39 is 44.1 Å². The van der Waals surface area contributed by atoms with Gasteiger partial charge in [-0.05, 0) is 35.6 Å². The number of rotatable bonds is 4. The second kappa shape index (κ2) is 7.47. The van der Waals surface area contributed by atoms with E-state index in [9.17, 15) is 32.9 Å². The standard InChI is InChI=1S/C21H11F3N2O4S/c22-21(23,24)15-9-5-4-8-13(15)18(28)17-14-10-11-16(27)25(12-6-2-1-3-7-12)19(14)31-20(17)26(29)30/h1-11H. The highest BCUT2D eigenvalue weighted by Crippen LogP contribution is 2.40. The van der Waals surface area contributed by atoms with E-state index in [4.69, 9.17) is 0 Å². The Bertz CT molecular complexity index is 1390. The number of carbonyl (C=O) groups is 1. The van der Waals surface area contributed by atoms with Crippen molar-refractivity contribution in [3.63, 3.8) is 0 Å². The van der Waals surface area contributed by atoms with Crippen molar-refractivity contribution in [2.45, 2.75) is 6.18 Å². The topological polar surface area (TPSA) is 82.2 Å². The molecule has 0 saturated carbocycles. The van der Waals surface area contributed by atoms with Gasteiger partial charge in [-0.25, -0.2) is 0 Å². The van der Waals surface area contributed by atoms with Gasteiger partial charge in [0, 0.05) is 17.0 Å². The van der Waals surface area contributed by atoms with Crippen LogP contribution in [0.25, 0.3) is 15.9 Å². The summed E-state index contributed by atoms with van der Waals surface area (Å²) in [6.45, 7) is 0. The number of benzene rings is 2. The van der Waals surface area contributed by atoms with E-state index in [0.29, 0.717) is 17.0 Å². The molecule has 0 radical (unpaired) electrons. The second-order valence-electron chi connectivity index (χ2n) is 6.47. The minimum absolute atomic E-state index is 0.0298. The number of ketones is 1. The van der Waals surface area contributed by atoms with Crippen LogP contribution in [0.5, 0.6) is 0 Å². The normalized spacial score (nSPS) is 11.6. The lowest BCUT2D eigenvalue weighted by atomic mass is 9.97. The number of carbonyl (C=O) groups excluding carboxylic acids is 1. The predicted octanol–water partition coefficient (Wildman–Crippen LogP) is 5.21. The van der Waals surface area contributed by atoms with E-state index >= 15 is 0 Å². The Morgan fingerprint density at radius 3 is 2.26 bits per heavy atom. The number of hydrogen-bond acceptors (Lipinski definition) is 5. The van der Waals surface area contributed by atoms with E-state index in [1.165, 1.54) is 16.7 Å². The lowest BCUT2D eigenvalue weighted by Gasteiger charge is -2.11. The number of aromatic nitrogens is 1. The summed E-state index contributed by atoms with van der Waals surface area (Å²) in [7, 11) is 0. The van der Waals surface area contributed by atoms with Crippen LogP contribution in [-0.4, -0.2) is 15.3 Å². The Morgan fingerprint density at radius 1 is 0.968 bits per heavy atom. The maximum Gasteiger partial charge on any atom is 0.417 e. The molecule has 0 aliphatic heterocycles. The summed E-state index contributed by atoms with van der Waals surface area (Å²) in [5.41, 5.74) is -2.46. The predicted molar refractivity (Wildman–Crippen MR) is 109 cm³/mol. The summed E-state index contributed by atoms with van der Waals surface area (Å²) in [5, 5.41) is 11.1. The Kier molecular flexibility index (Phi) is 4.94. The maximum absolute atomic E-state index is 13.4. The maximum atomic E-state index is 13.4. The lowest BCUT2D eigenvalue weighted by Crippen LogP contribution is -2.17. The average molecular weight is 444 g/mol. The molecule has 10 heteroatoms. The van der Waals surface area contributed by atoms with Crippen molar-refractivity contribution in [3.05, 3.63) is 104 Å². The van der Waals surface area contributed by atoms with Crippen molar-refractivity contribution < 1.29 is 22.9 Å². The molecule has 4 aromatic rings. The van der Waals surface area contributed by atoms with Gasteiger partial charge in [-0.15, -0.1) is 0 Å². The van der Waals surface area contributed by atoms with Gasteiger partial charge in [0.15, 0.2) is 0 Å². The van der Waals surface area contributed by atoms with E-state index in [0.717, 1.165) is 24.3 Å². The van der Waals surface area contributed by atoms with Crippen molar-refractivity contribution >= 4 is 32.3 Å². The molecule has 156 valence electrons. The van der Waals surface area contributed by atoms with Crippen LogP contribution in [0.4, 0.5) is 18.2 Å². The zero-order chi connectivity index (χ0) is 22.3. The summed E-state index contributed by atoms with van der Waals surface area (Å²) < 4.78 is 41.5. The van der Waals surface area contributed by atoms with Gasteiger partial charge in [-0.2, -0.15) is 13.2 Å². The summed E-state index contributed by atoms with van der Waals surface area (Å²) in [5.74, 6) is -1.14. The Labute approximate surface area is 175 Å². The molecule has 6 nitrogen and oxygen atoms in total. The molecule has 2 aromatic carbocycles. The molecule has 0 spiro atoms. The molecule has 0 atom stereocenters. The highest BCUT2D eigenvalue weighted by molar-refractivity contribution is 7.22. The molecule has 2 heterocycles. The van der Waals surface area contributed by atoms with Gasteiger partial charge in [0.05, 0.1) is 16.2 Å². The molecule has 0 aliphatic rings. The van der Waals surface area contributed by atoms with Crippen molar-refractivity contribution in [3.8, 4) is 5.69 Å². The first-order valence-electron chi connectivity index (χ1n) is 8.79. The highest BCUT2D eigenvalue weighted by Gasteiger charge is 2.38. The van der Waals surface area contributed by atoms with Crippen LogP contribution >= 0.6 is 11.3 Å². The van der Waals surface area contributed by atoms with E-state index in [1.807, 2.05) is 0 Å². The van der Waals surface area contributed by atoms with Gasteiger partial charge in [0.2, 0.25) is 5.78 Å². The number of pyridine rings is 1. The first kappa shape index (κ1) is 20.5. The third-order valence-corrected chi connectivity index (χ3v) is 5.75. The number of nitrogens with zero attached hydrogens (tertiary/aromatic N) is 2.